The van der Waals surface area contributed by atoms with Crippen molar-refractivity contribution in [1.82, 2.24) is 0 Å². The van der Waals surface area contributed by atoms with Crippen molar-refractivity contribution in [3.8, 4) is 45.8 Å². The lowest BCUT2D eigenvalue weighted by molar-refractivity contribution is -0.277. The third-order valence-electron chi connectivity index (χ3n) is 5.79. The van der Waals surface area contributed by atoms with E-state index < -0.39 is 65.4 Å². The van der Waals surface area contributed by atoms with Crippen LogP contribution in [0.5, 0.6) is 34.5 Å². The summed E-state index contributed by atoms with van der Waals surface area (Å²) < 4.78 is 26.8. The molecule has 13 nitrogen and oxygen atoms in total. The summed E-state index contributed by atoms with van der Waals surface area (Å²) in [5.74, 6) is -2.84. The Morgan fingerprint density at radius 3 is 2.28 bits per heavy atom. The van der Waals surface area contributed by atoms with Crippen molar-refractivity contribution in [3.63, 3.8) is 0 Å². The molecule has 5 atom stereocenters. The van der Waals surface area contributed by atoms with E-state index >= 15 is 0 Å². The zero-order chi connectivity index (χ0) is 26.3. The lowest BCUT2D eigenvalue weighted by atomic mass is 9.99. The Hall–Kier alpha value is -3.75. The van der Waals surface area contributed by atoms with E-state index in [1.807, 2.05) is 0 Å². The van der Waals surface area contributed by atoms with Crippen LogP contribution in [0.1, 0.15) is 0 Å². The van der Waals surface area contributed by atoms with Gasteiger partial charge in [-0.2, -0.15) is 0 Å². The maximum Gasteiger partial charge on any atom is 0.239 e. The highest BCUT2D eigenvalue weighted by molar-refractivity contribution is 5.91. The highest BCUT2D eigenvalue weighted by Gasteiger charge is 2.45. The number of phenolic OH excluding ortho intramolecular Hbond substituents is 3. The van der Waals surface area contributed by atoms with E-state index in [0.29, 0.717) is 0 Å². The molecule has 194 valence electrons. The summed E-state index contributed by atoms with van der Waals surface area (Å²) >= 11 is 0. The summed E-state index contributed by atoms with van der Waals surface area (Å²) in [7, 11) is 2.53. The zero-order valence-electron chi connectivity index (χ0n) is 19.0. The summed E-state index contributed by atoms with van der Waals surface area (Å²) in [5.41, 5.74) is -0.838. The van der Waals surface area contributed by atoms with Gasteiger partial charge >= 0.3 is 0 Å². The molecule has 2 unspecified atom stereocenters. The first-order valence-corrected chi connectivity index (χ1v) is 10.6. The second-order valence-electron chi connectivity index (χ2n) is 7.94. The number of aliphatic hydroxyl groups excluding tert-OH is 4. The van der Waals surface area contributed by atoms with Gasteiger partial charge in [0.1, 0.15) is 35.4 Å². The van der Waals surface area contributed by atoms with Gasteiger partial charge in [0.05, 0.1) is 20.8 Å². The van der Waals surface area contributed by atoms with Gasteiger partial charge < -0.3 is 59.1 Å². The summed E-state index contributed by atoms with van der Waals surface area (Å²) in [5, 5.41) is 70.0. The molecule has 1 aliphatic heterocycles. The molecule has 4 rings (SSSR count). The van der Waals surface area contributed by atoms with Crippen LogP contribution in [0.3, 0.4) is 0 Å². The van der Waals surface area contributed by atoms with Gasteiger partial charge in [0, 0.05) is 11.6 Å². The molecule has 2 heterocycles. The first kappa shape index (κ1) is 25.3. The number of aliphatic hydroxyl groups is 4. The largest absolute Gasteiger partial charge is 0.504 e. The minimum Gasteiger partial charge on any atom is -0.504 e. The molecule has 0 saturated carbocycles. The maximum atomic E-state index is 13.1. The Morgan fingerprint density at radius 2 is 1.64 bits per heavy atom. The fraction of sp³-hybridized carbons (Fsp3) is 0.348. The SMILES string of the molecule is COc1cc(-c2oc3cc(O[C@@H]4OC(CO)[C@@H](O)[C@H](O)C4O)c(O)c(O)c3c(=O)c2OC)ccc1O. The first-order chi connectivity index (χ1) is 17.1. The number of fused-ring (bicyclic) bond motifs is 1. The molecule has 36 heavy (non-hydrogen) atoms. The van der Waals surface area contributed by atoms with Crippen LogP contribution in [0, 0.1) is 0 Å². The third-order valence-corrected chi connectivity index (χ3v) is 5.79. The fourth-order valence-electron chi connectivity index (χ4n) is 3.86. The number of benzene rings is 2. The highest BCUT2D eigenvalue weighted by Crippen LogP contribution is 2.44. The molecule has 7 N–H and O–H groups in total. The Morgan fingerprint density at radius 1 is 0.917 bits per heavy atom. The van der Waals surface area contributed by atoms with Gasteiger partial charge in [-0.15, -0.1) is 0 Å². The highest BCUT2D eigenvalue weighted by atomic mass is 16.7. The third kappa shape index (κ3) is 4.12. The van der Waals surface area contributed by atoms with E-state index in [2.05, 4.69) is 0 Å². The van der Waals surface area contributed by atoms with Gasteiger partial charge in [-0.05, 0) is 18.2 Å². The van der Waals surface area contributed by atoms with Crippen LogP contribution in [0.25, 0.3) is 22.3 Å². The van der Waals surface area contributed by atoms with Gasteiger partial charge in [0.15, 0.2) is 28.8 Å². The lowest BCUT2D eigenvalue weighted by Gasteiger charge is -2.39. The molecule has 1 aliphatic rings. The Kier molecular flexibility index (Phi) is 6.84. The minimum absolute atomic E-state index is 0.0810. The molecular formula is C23H24O13. The maximum absolute atomic E-state index is 13.1. The number of ether oxygens (including phenoxy) is 4. The van der Waals surface area contributed by atoms with E-state index in [4.69, 9.17) is 23.4 Å². The summed E-state index contributed by atoms with van der Waals surface area (Å²) in [6.07, 6.45) is -8.17. The van der Waals surface area contributed by atoms with E-state index in [-0.39, 0.29) is 34.2 Å². The lowest BCUT2D eigenvalue weighted by Crippen LogP contribution is -2.60. The second kappa shape index (κ2) is 9.72. The van der Waals surface area contributed by atoms with Gasteiger partial charge in [-0.1, -0.05) is 0 Å². The molecule has 1 aromatic heterocycles. The Balaban J connectivity index is 1.85. The molecule has 0 bridgehead atoms. The van der Waals surface area contributed by atoms with Crippen LogP contribution in [0.15, 0.2) is 33.5 Å². The second-order valence-corrected chi connectivity index (χ2v) is 7.94. The average molecular weight is 508 g/mol. The molecule has 0 amide bonds. The number of aromatic hydroxyl groups is 3. The van der Waals surface area contributed by atoms with Crippen LogP contribution in [0.2, 0.25) is 0 Å². The first-order valence-electron chi connectivity index (χ1n) is 10.6. The van der Waals surface area contributed by atoms with Crippen LogP contribution in [-0.4, -0.2) is 87.3 Å². The van der Waals surface area contributed by atoms with Gasteiger partial charge in [0.25, 0.3) is 0 Å². The quantitative estimate of drug-likeness (QED) is 0.215. The van der Waals surface area contributed by atoms with Crippen LogP contribution in [-0.2, 0) is 4.74 Å². The molecule has 3 aromatic rings. The monoisotopic (exact) mass is 508 g/mol. The van der Waals surface area contributed by atoms with Crippen molar-refractivity contribution < 1.29 is 59.1 Å². The van der Waals surface area contributed by atoms with E-state index in [1.165, 1.54) is 32.4 Å². The average Bonchev–Trinajstić information content (AvgIpc) is 2.87. The predicted octanol–water partition coefficient (Wildman–Crippen LogP) is -0.227. The summed E-state index contributed by atoms with van der Waals surface area (Å²) in [4.78, 5) is 13.1. The van der Waals surface area contributed by atoms with Gasteiger partial charge in [-0.25, -0.2) is 0 Å². The molecule has 2 aromatic carbocycles. The predicted molar refractivity (Wildman–Crippen MR) is 120 cm³/mol. The van der Waals surface area contributed by atoms with E-state index in [1.54, 1.807) is 0 Å². The van der Waals surface area contributed by atoms with Gasteiger partial charge in [-0.3, -0.25) is 4.79 Å². The number of rotatable bonds is 6. The van der Waals surface area contributed by atoms with Crippen molar-refractivity contribution in [3.05, 3.63) is 34.5 Å². The molecular weight excluding hydrogens is 484 g/mol. The topological polar surface area (TPSA) is 209 Å². The normalized spacial score (nSPS) is 24.0. The number of hydrogen-bond acceptors (Lipinski definition) is 13. The molecule has 0 aliphatic carbocycles. The molecule has 1 fully saturated rings. The van der Waals surface area contributed by atoms with Crippen LogP contribution < -0.4 is 19.6 Å². The van der Waals surface area contributed by atoms with Crippen molar-refractivity contribution >= 4 is 11.0 Å². The van der Waals surface area contributed by atoms with E-state index in [0.717, 1.165) is 6.07 Å². The summed E-state index contributed by atoms with van der Waals surface area (Å²) in [6.45, 7) is -0.714. The van der Waals surface area contributed by atoms with Gasteiger partial charge in [0.2, 0.25) is 23.2 Å². The van der Waals surface area contributed by atoms with Crippen molar-refractivity contribution in [1.29, 1.82) is 0 Å². The minimum atomic E-state index is -1.80. The number of methoxy groups -OCH3 is 2. The van der Waals surface area contributed by atoms with Crippen molar-refractivity contribution in [2.24, 2.45) is 0 Å². The van der Waals surface area contributed by atoms with E-state index in [9.17, 15) is 40.5 Å². The standard InChI is InChI=1S/C23H24O13/c1-32-10-5-8(3-4-9(10)25)21-22(33-2)18(29)14-11(34-21)6-12(15(26)17(14)28)35-23-20(31)19(30)16(27)13(7-24)36-23/h3-6,13,16,19-20,23-28,30-31H,7H2,1-2H3/t13?,16-,19+,20?,23-/m1/s1. The fourth-order valence-corrected chi connectivity index (χ4v) is 3.86. The number of hydrogen-bond donors (Lipinski definition) is 7. The van der Waals surface area contributed by atoms with Crippen LogP contribution >= 0.6 is 0 Å². The van der Waals surface area contributed by atoms with Crippen LogP contribution in [0.4, 0.5) is 0 Å². The molecule has 0 spiro atoms. The molecule has 1 saturated heterocycles. The summed E-state index contributed by atoms with van der Waals surface area (Å²) in [6, 6.07) is 5.15. The van der Waals surface area contributed by atoms with Crippen molar-refractivity contribution in [2.45, 2.75) is 30.7 Å². The number of phenols is 3. The molecule has 0 radical (unpaired) electrons. The zero-order valence-corrected chi connectivity index (χ0v) is 19.0. The Labute approximate surface area is 202 Å². The van der Waals surface area contributed by atoms with Crippen molar-refractivity contribution in [2.75, 3.05) is 20.8 Å². The molecule has 13 heteroatoms. The Bertz CT molecular complexity index is 1330. The smallest absolute Gasteiger partial charge is 0.239 e.